The topological polar surface area (TPSA) is 83.9 Å². The van der Waals surface area contributed by atoms with Crippen LogP contribution in [0.15, 0.2) is 48.9 Å². The Hall–Kier alpha value is -7.53. The number of ketones is 1. The Morgan fingerprint density at radius 3 is 1.11 bits per heavy atom. The van der Waals surface area contributed by atoms with Crippen molar-refractivity contribution in [2.45, 2.75) is 6.54 Å². The molecule has 66 heavy (non-hydrogen) atoms. The Kier molecular flexibility index (Phi) is 14.2. The molecule has 1 aromatic heterocycles. The second-order valence-electron chi connectivity index (χ2n) is 12.9. The van der Waals surface area contributed by atoms with Crippen molar-refractivity contribution < 1.29 is 107 Å². The predicted octanol–water partition coefficient (Wildman–Crippen LogP) is 6.78. The zero-order valence-corrected chi connectivity index (χ0v) is 31.2. The lowest BCUT2D eigenvalue weighted by Crippen LogP contribution is -2.81. The number of Topliss-reactive ketones (excluding diaryl/α,β-unsaturated/α-hetero) is 1. The van der Waals surface area contributed by atoms with E-state index >= 15 is 35.1 Å². The number of benzene rings is 5. The monoisotopic (exact) mass is 961 g/mol. The molecule has 0 radical (unpaired) electrons. The second kappa shape index (κ2) is 18.9. The van der Waals surface area contributed by atoms with E-state index in [-0.39, 0.29) is 24.6 Å². The fraction of sp³-hybridized carbons (Fsp3) is 0.0513. The lowest BCUT2D eigenvalue weighted by molar-refractivity contribution is -0.683. The molecular formula is C39H12BF20N3O3. The lowest BCUT2D eigenvalue weighted by Gasteiger charge is -2.44. The lowest BCUT2D eigenvalue weighted by atomic mass is 9.12. The third-order valence-electron chi connectivity index (χ3n) is 9.37. The summed E-state index contributed by atoms with van der Waals surface area (Å²) in [5.74, 6) is -72.2. The molecule has 0 saturated carbocycles. The summed E-state index contributed by atoms with van der Waals surface area (Å²) in [6, 6.07) is 10.6. The minimum Gasteiger partial charge on any atom is -0.445 e. The Labute approximate surface area is 352 Å². The van der Waals surface area contributed by atoms with E-state index < -0.39 is 150 Å². The number of rotatable bonds is 9. The van der Waals surface area contributed by atoms with E-state index in [1.165, 1.54) is 12.4 Å². The molecule has 0 fully saturated rings. The van der Waals surface area contributed by atoms with Crippen LogP contribution in [-0.4, -0.2) is 29.5 Å². The van der Waals surface area contributed by atoms with Crippen molar-refractivity contribution in [2.24, 2.45) is 0 Å². The molecule has 27 heteroatoms. The van der Waals surface area contributed by atoms with E-state index in [1.807, 2.05) is 6.07 Å². The van der Waals surface area contributed by atoms with Gasteiger partial charge in [-0.3, -0.25) is 4.79 Å². The molecule has 0 aliphatic heterocycles. The number of carbonyl (C=O) groups is 2. The van der Waals surface area contributed by atoms with E-state index in [0.717, 1.165) is 0 Å². The number of esters is 1. The van der Waals surface area contributed by atoms with Crippen molar-refractivity contribution in [2.75, 3.05) is 6.61 Å². The van der Waals surface area contributed by atoms with Crippen LogP contribution in [0.3, 0.4) is 0 Å². The van der Waals surface area contributed by atoms with Gasteiger partial charge in [-0.05, 0) is 0 Å². The first-order valence-electron chi connectivity index (χ1n) is 17.1. The average molecular weight is 961 g/mol. The Morgan fingerprint density at radius 1 is 0.500 bits per heavy atom. The van der Waals surface area contributed by atoms with Gasteiger partial charge >= 0.3 is 5.97 Å². The molecule has 6 rings (SSSR count). The molecule has 344 valence electrons. The Bertz CT molecular complexity index is 2640. The van der Waals surface area contributed by atoms with Gasteiger partial charge in [0.25, 0.3) is 0 Å². The maximum atomic E-state index is 15.4. The van der Waals surface area contributed by atoms with Crippen LogP contribution in [0.25, 0.3) is 0 Å². The van der Waals surface area contributed by atoms with E-state index in [1.54, 1.807) is 41.1 Å². The van der Waals surface area contributed by atoms with Crippen LogP contribution in [0.2, 0.25) is 0 Å². The van der Waals surface area contributed by atoms with Crippen molar-refractivity contribution in [3.8, 4) is 6.07 Å². The van der Waals surface area contributed by atoms with Crippen LogP contribution in [0.4, 0.5) is 87.8 Å². The van der Waals surface area contributed by atoms with Crippen LogP contribution in [-0.2, 0) is 11.3 Å². The van der Waals surface area contributed by atoms with Gasteiger partial charge in [-0.15, -0.1) is 21.9 Å². The molecule has 0 N–H and O–H groups in total. The third kappa shape index (κ3) is 8.10. The molecule has 0 bridgehead atoms. The Morgan fingerprint density at radius 2 is 0.803 bits per heavy atom. The SMILES string of the molecule is Fc1c(F)c(F)c([B-](c2c(F)c(F)c(F)c(F)c2F)(c2c(F)c(F)c(F)c(F)c2F)c2c(F)c(F)c(F)c(F)c2F)c(F)c1F.N#CCOC(=O)c1c[n+](CC(=O)c2ccccc2)ccn1. The largest absolute Gasteiger partial charge is 0.445 e. The van der Waals surface area contributed by atoms with Crippen molar-refractivity contribution in [3.63, 3.8) is 0 Å². The smallest absolute Gasteiger partial charge is 0.364 e. The van der Waals surface area contributed by atoms with Crippen LogP contribution in [0.1, 0.15) is 20.8 Å². The third-order valence-corrected chi connectivity index (χ3v) is 9.37. The van der Waals surface area contributed by atoms with Gasteiger partial charge in [0.15, 0.2) is 82.6 Å². The molecule has 0 amide bonds. The Balaban J connectivity index is 0.000000324. The number of halogens is 20. The van der Waals surface area contributed by atoms with Gasteiger partial charge in [-0.25, -0.2) is 97.6 Å². The first kappa shape index (κ1) is 49.5. The highest BCUT2D eigenvalue weighted by molar-refractivity contribution is 7.20. The van der Waals surface area contributed by atoms with E-state index in [0.29, 0.717) is 5.56 Å². The van der Waals surface area contributed by atoms with Crippen LogP contribution >= 0.6 is 0 Å². The maximum absolute atomic E-state index is 15.4. The van der Waals surface area contributed by atoms with E-state index in [4.69, 9.17) is 5.26 Å². The molecule has 1 heterocycles. The highest BCUT2D eigenvalue weighted by Gasteiger charge is 2.52. The summed E-state index contributed by atoms with van der Waals surface area (Å²) in [5, 5.41) is 8.36. The summed E-state index contributed by atoms with van der Waals surface area (Å²) < 4.78 is 300. The summed E-state index contributed by atoms with van der Waals surface area (Å²) in [7, 11) is 0. The van der Waals surface area contributed by atoms with Gasteiger partial charge in [-0.2, -0.15) is 9.83 Å². The second-order valence-corrected chi connectivity index (χ2v) is 12.9. The van der Waals surface area contributed by atoms with Gasteiger partial charge in [0.05, 0.1) is 6.20 Å². The molecule has 0 unspecified atom stereocenters. The van der Waals surface area contributed by atoms with Gasteiger partial charge in [0.1, 0.15) is 58.8 Å². The molecule has 0 aliphatic rings. The minimum absolute atomic E-state index is 0.0496. The quantitative estimate of drug-likeness (QED) is 0.0304. The summed E-state index contributed by atoms with van der Waals surface area (Å²) in [5.41, 5.74) is -13.7. The van der Waals surface area contributed by atoms with Crippen LogP contribution in [0, 0.1) is 128 Å². The van der Waals surface area contributed by atoms with Gasteiger partial charge < -0.3 is 4.74 Å². The zero-order valence-electron chi connectivity index (χ0n) is 31.2. The summed E-state index contributed by atoms with van der Waals surface area (Å²) in [6.07, 6.45) is -2.81. The van der Waals surface area contributed by atoms with Gasteiger partial charge in [0.2, 0.25) is 24.2 Å². The molecule has 0 aliphatic carbocycles. The molecule has 6 aromatic rings. The number of hydrogen-bond donors (Lipinski definition) is 0. The van der Waals surface area contributed by atoms with Crippen molar-refractivity contribution in [1.82, 2.24) is 4.98 Å². The number of aromatic nitrogens is 2. The van der Waals surface area contributed by atoms with Crippen molar-refractivity contribution in [3.05, 3.63) is 177 Å². The van der Waals surface area contributed by atoms with Crippen LogP contribution < -0.4 is 26.4 Å². The number of nitrogens with zero attached hydrogens (tertiary/aromatic N) is 3. The summed E-state index contributed by atoms with van der Waals surface area (Å²) >= 11 is 0. The molecular weight excluding hydrogens is 949 g/mol. The van der Waals surface area contributed by atoms with E-state index in [9.17, 15) is 62.3 Å². The fourth-order valence-corrected chi connectivity index (χ4v) is 6.56. The number of hydrogen-bond acceptors (Lipinski definition) is 5. The standard InChI is InChI=1S/C24BF20.C15H12N3O3/c26-5-1(6(27)14(35)21(42)13(5)34)25(2-7(28)15(36)22(43)16(37)8(2)29,3-9(30)17(38)23(44)18(39)10(3)31)4-11(32)19(40)24(45)20(41)12(4)33;16-6-9-21-15(20)13-10-18(8-7-17-13)11-14(19)12-4-2-1-3-5-12/h;1-5,7-8,10H,9,11H2/q-1;+1. The molecule has 5 aromatic carbocycles. The van der Waals surface area contributed by atoms with Crippen molar-refractivity contribution >= 4 is 39.7 Å². The number of carbonyl (C=O) groups excluding carboxylic acids is 2. The fourth-order valence-electron chi connectivity index (χ4n) is 6.56. The highest BCUT2D eigenvalue weighted by atomic mass is 19.2. The normalized spacial score (nSPS) is 11.3. The molecule has 0 saturated heterocycles. The average Bonchev–Trinajstić information content (AvgIpc) is 3.31. The maximum Gasteiger partial charge on any atom is 0.364 e. The summed E-state index contributed by atoms with van der Waals surface area (Å²) in [6.45, 7) is -0.247. The van der Waals surface area contributed by atoms with E-state index in [2.05, 4.69) is 9.72 Å². The van der Waals surface area contributed by atoms with Gasteiger partial charge in [0, 0.05) is 5.56 Å². The molecule has 0 atom stereocenters. The molecule has 6 nitrogen and oxygen atoms in total. The number of ether oxygens (including phenoxy) is 1. The van der Waals surface area contributed by atoms with Crippen molar-refractivity contribution in [1.29, 1.82) is 5.26 Å². The minimum atomic E-state index is -7.22. The first-order chi connectivity index (χ1) is 30.9. The number of nitriles is 1. The molecule has 0 spiro atoms. The summed E-state index contributed by atoms with van der Waals surface area (Å²) in [4.78, 5) is 27.5. The van der Waals surface area contributed by atoms with Gasteiger partial charge in [-0.1, -0.05) is 30.3 Å². The predicted molar refractivity (Wildman–Crippen MR) is 180 cm³/mol. The zero-order chi connectivity index (χ0) is 49.4. The highest BCUT2D eigenvalue weighted by Crippen LogP contribution is 2.30. The van der Waals surface area contributed by atoms with Crippen LogP contribution in [0.5, 0.6) is 0 Å². The first-order valence-corrected chi connectivity index (χ1v) is 17.1.